The third-order valence-electron chi connectivity index (χ3n) is 5.82. The van der Waals surface area contributed by atoms with Crippen LogP contribution in [0.3, 0.4) is 0 Å². The Bertz CT molecular complexity index is 1460. The van der Waals surface area contributed by atoms with E-state index in [0.717, 1.165) is 9.42 Å². The van der Waals surface area contributed by atoms with Gasteiger partial charge in [0.05, 0.1) is 23.6 Å². The van der Waals surface area contributed by atoms with E-state index in [9.17, 15) is 26.7 Å². The van der Waals surface area contributed by atoms with Crippen molar-refractivity contribution in [3.8, 4) is 17.0 Å². The lowest BCUT2D eigenvalue weighted by Crippen LogP contribution is -2.55. The second-order valence-electron chi connectivity index (χ2n) is 8.26. The topological polar surface area (TPSA) is 97.5 Å². The zero-order valence-corrected chi connectivity index (χ0v) is 18.6. The van der Waals surface area contributed by atoms with Crippen LogP contribution in [-0.4, -0.2) is 66.8 Å². The number of rotatable bonds is 4. The number of hydrogen-bond acceptors (Lipinski definition) is 7. The minimum Gasteiger partial charge on any atom is -0.385 e. The van der Waals surface area contributed by atoms with Gasteiger partial charge in [-0.25, -0.2) is 13.3 Å². The highest BCUT2D eigenvalue weighted by molar-refractivity contribution is 5.89. The van der Waals surface area contributed by atoms with Crippen LogP contribution < -0.4 is 10.1 Å². The summed E-state index contributed by atoms with van der Waals surface area (Å²) in [4.78, 5) is 24.7. The molecule has 1 aromatic carbocycles. The fraction of sp³-hybridized carbons (Fsp3) is 0.318. The molecule has 0 bridgehead atoms. The second kappa shape index (κ2) is 8.53. The molecule has 1 aliphatic heterocycles. The van der Waals surface area contributed by atoms with E-state index in [1.165, 1.54) is 31.6 Å². The first-order valence-corrected chi connectivity index (χ1v) is 10.8. The number of nitrogens with one attached hydrogen (secondary N) is 1. The third-order valence-corrected chi connectivity index (χ3v) is 5.82. The van der Waals surface area contributed by atoms with Gasteiger partial charge in [0, 0.05) is 37.6 Å². The Labute approximate surface area is 199 Å². The molecule has 1 atom stereocenters. The maximum atomic E-state index is 14.7. The number of nitrogens with zero attached hydrogens (tertiary/aromatic N) is 6. The summed E-state index contributed by atoms with van der Waals surface area (Å²) in [6, 6.07) is 4.97. The number of likely N-dealkylation sites (tertiary alicyclic amines) is 1. The number of ether oxygens (including phenoxy) is 1. The number of halogens is 5. The second-order valence-corrected chi connectivity index (χ2v) is 8.26. The normalized spacial score (nSPS) is 17.9. The molecule has 4 aromatic rings. The molecule has 36 heavy (non-hydrogen) atoms. The first-order valence-electron chi connectivity index (χ1n) is 10.8. The molecular weight excluding hydrogens is 489 g/mol. The van der Waals surface area contributed by atoms with Gasteiger partial charge in [0.2, 0.25) is 11.9 Å². The molecule has 4 heterocycles. The molecule has 1 amide bonds. The van der Waals surface area contributed by atoms with Crippen LogP contribution in [-0.2, 0) is 4.79 Å². The van der Waals surface area contributed by atoms with Crippen LogP contribution in [0, 0.1) is 0 Å². The third kappa shape index (κ3) is 4.57. The standard InChI is InChI=1S/C22H18F5N7O2/c1-12(35)33-8-5-17(21(23,24)11-33)30-20-31-19(36-22(25,26)27)18-14(4-9-34(18)32-20)13-2-3-15-16(10-13)29-7-6-28-15/h2-4,6-7,9-10,17H,5,8,11H2,1H3,(H,30,32)/t17-/m1/s1. The van der Waals surface area contributed by atoms with Crippen molar-refractivity contribution < 1.29 is 31.5 Å². The van der Waals surface area contributed by atoms with Crippen molar-refractivity contribution in [2.75, 3.05) is 18.4 Å². The zero-order valence-electron chi connectivity index (χ0n) is 18.6. The van der Waals surface area contributed by atoms with Crippen molar-refractivity contribution >= 4 is 28.4 Å². The van der Waals surface area contributed by atoms with Crippen molar-refractivity contribution in [1.29, 1.82) is 0 Å². The van der Waals surface area contributed by atoms with Gasteiger partial charge in [-0.3, -0.25) is 14.8 Å². The van der Waals surface area contributed by atoms with Gasteiger partial charge in [-0.2, -0.15) is 4.98 Å². The van der Waals surface area contributed by atoms with Gasteiger partial charge >= 0.3 is 6.36 Å². The first-order chi connectivity index (χ1) is 17.0. The van der Waals surface area contributed by atoms with Crippen LogP contribution >= 0.6 is 0 Å². The van der Waals surface area contributed by atoms with Crippen molar-refractivity contribution in [2.24, 2.45) is 0 Å². The van der Waals surface area contributed by atoms with Crippen molar-refractivity contribution in [2.45, 2.75) is 31.7 Å². The highest BCUT2D eigenvalue weighted by atomic mass is 19.4. The molecule has 14 heteroatoms. The molecule has 1 saturated heterocycles. The smallest absolute Gasteiger partial charge is 0.385 e. The van der Waals surface area contributed by atoms with Crippen LogP contribution in [0.5, 0.6) is 5.88 Å². The predicted molar refractivity (Wildman–Crippen MR) is 117 cm³/mol. The Hall–Kier alpha value is -4.10. The number of benzene rings is 1. The molecule has 0 spiro atoms. The lowest BCUT2D eigenvalue weighted by atomic mass is 10.0. The van der Waals surface area contributed by atoms with E-state index < -0.39 is 42.6 Å². The van der Waals surface area contributed by atoms with Crippen LogP contribution in [0.4, 0.5) is 27.9 Å². The maximum absolute atomic E-state index is 14.7. The summed E-state index contributed by atoms with van der Waals surface area (Å²) >= 11 is 0. The molecule has 9 nitrogen and oxygen atoms in total. The Kier molecular flexibility index (Phi) is 5.60. The van der Waals surface area contributed by atoms with Crippen molar-refractivity contribution in [3.63, 3.8) is 0 Å². The van der Waals surface area contributed by atoms with Gasteiger partial charge in [0.25, 0.3) is 11.8 Å². The van der Waals surface area contributed by atoms with Crippen LogP contribution in [0.15, 0.2) is 42.9 Å². The first kappa shape index (κ1) is 23.6. The highest BCUT2D eigenvalue weighted by Crippen LogP contribution is 2.36. The van der Waals surface area contributed by atoms with Gasteiger partial charge < -0.3 is 15.0 Å². The predicted octanol–water partition coefficient (Wildman–Crippen LogP) is 3.91. The largest absolute Gasteiger partial charge is 0.574 e. The van der Waals surface area contributed by atoms with Gasteiger partial charge in [0.15, 0.2) is 0 Å². The summed E-state index contributed by atoms with van der Waals surface area (Å²) in [5, 5.41) is 6.52. The highest BCUT2D eigenvalue weighted by Gasteiger charge is 2.46. The summed E-state index contributed by atoms with van der Waals surface area (Å²) in [6.07, 6.45) is -0.878. The van der Waals surface area contributed by atoms with E-state index in [-0.39, 0.29) is 18.5 Å². The lowest BCUT2D eigenvalue weighted by molar-refractivity contribution is -0.275. The number of carbonyl (C=O) groups excluding carboxylic acids is 1. The quantitative estimate of drug-likeness (QED) is 0.419. The molecule has 5 rings (SSSR count). The minimum absolute atomic E-state index is 0.0509. The number of piperidine rings is 1. The number of amides is 1. The van der Waals surface area contributed by atoms with Crippen molar-refractivity contribution in [1.82, 2.24) is 29.5 Å². The number of carbonyl (C=O) groups is 1. The van der Waals surface area contributed by atoms with Crippen molar-refractivity contribution in [3.05, 3.63) is 42.9 Å². The van der Waals surface area contributed by atoms with Gasteiger partial charge in [-0.1, -0.05) is 6.07 Å². The molecule has 0 aliphatic carbocycles. The SMILES string of the molecule is CC(=O)N1CC[C@@H](Nc2nc(OC(F)(F)F)c3c(-c4ccc5nccnc5c4)ccn3n2)C(F)(F)C1. The fourth-order valence-electron chi connectivity index (χ4n) is 4.14. The lowest BCUT2D eigenvalue weighted by Gasteiger charge is -2.38. The molecule has 1 N–H and O–H groups in total. The molecule has 3 aromatic heterocycles. The number of fused-ring (bicyclic) bond motifs is 2. The Morgan fingerprint density at radius 1 is 1.17 bits per heavy atom. The average Bonchev–Trinajstić information content (AvgIpc) is 3.23. The number of hydrogen-bond donors (Lipinski definition) is 1. The minimum atomic E-state index is -5.10. The van der Waals surface area contributed by atoms with Crippen LogP contribution in [0.1, 0.15) is 13.3 Å². The Morgan fingerprint density at radius 2 is 1.92 bits per heavy atom. The zero-order chi connectivity index (χ0) is 25.7. The molecule has 1 fully saturated rings. The summed E-state index contributed by atoms with van der Waals surface area (Å²) in [6.45, 7) is 0.412. The Balaban J connectivity index is 1.54. The van der Waals surface area contributed by atoms with E-state index in [1.807, 2.05) is 0 Å². The van der Waals surface area contributed by atoms with E-state index in [0.29, 0.717) is 22.2 Å². The fourth-order valence-corrected chi connectivity index (χ4v) is 4.14. The van der Waals surface area contributed by atoms with Gasteiger partial charge in [0.1, 0.15) is 5.52 Å². The molecule has 1 aliphatic rings. The summed E-state index contributed by atoms with van der Waals surface area (Å²) in [7, 11) is 0. The van der Waals surface area contributed by atoms with E-state index in [2.05, 4.69) is 30.1 Å². The molecule has 0 saturated carbocycles. The van der Waals surface area contributed by atoms with E-state index in [4.69, 9.17) is 0 Å². The average molecular weight is 507 g/mol. The van der Waals surface area contributed by atoms with Crippen LogP contribution in [0.2, 0.25) is 0 Å². The van der Waals surface area contributed by atoms with Gasteiger partial charge in [-0.15, -0.1) is 18.3 Å². The number of aromatic nitrogens is 5. The summed E-state index contributed by atoms with van der Waals surface area (Å²) < 4.78 is 74.4. The molecule has 188 valence electrons. The van der Waals surface area contributed by atoms with E-state index >= 15 is 0 Å². The summed E-state index contributed by atoms with van der Waals surface area (Å²) in [5.74, 6) is -5.19. The molecule has 0 unspecified atom stereocenters. The monoisotopic (exact) mass is 507 g/mol. The Morgan fingerprint density at radius 3 is 2.61 bits per heavy atom. The van der Waals surface area contributed by atoms with E-state index in [1.54, 1.807) is 18.2 Å². The van der Waals surface area contributed by atoms with Gasteiger partial charge in [-0.05, 0) is 30.2 Å². The molecule has 0 radical (unpaired) electrons. The summed E-state index contributed by atoms with van der Waals surface area (Å²) in [5.41, 5.74) is 1.82. The molecular formula is C22H18F5N7O2. The number of alkyl halides is 5. The maximum Gasteiger partial charge on any atom is 0.574 e. The van der Waals surface area contributed by atoms with Crippen LogP contribution in [0.25, 0.3) is 27.7 Å². The number of anilines is 1.